The van der Waals surface area contributed by atoms with E-state index in [0.29, 0.717) is 19.5 Å². The lowest BCUT2D eigenvalue weighted by Gasteiger charge is -2.36. The van der Waals surface area contributed by atoms with E-state index >= 15 is 0 Å². The maximum Gasteiger partial charge on any atom is 0.249 e. The minimum Gasteiger partial charge on any atom is -0.368 e. The van der Waals surface area contributed by atoms with E-state index in [1.807, 2.05) is 35.8 Å². The minimum atomic E-state index is -0.833. The van der Waals surface area contributed by atoms with Gasteiger partial charge in [-0.3, -0.25) is 14.4 Å². The number of amides is 3. The van der Waals surface area contributed by atoms with Crippen LogP contribution >= 0.6 is 0 Å². The minimum absolute atomic E-state index is 0.0142. The van der Waals surface area contributed by atoms with E-state index in [-0.39, 0.29) is 17.7 Å². The monoisotopic (exact) mass is 426 g/mol. The average Bonchev–Trinajstić information content (AvgIpc) is 3.21. The summed E-state index contributed by atoms with van der Waals surface area (Å²) in [5, 5.41) is 5.89. The van der Waals surface area contributed by atoms with Crippen molar-refractivity contribution >= 4 is 28.6 Å². The third-order valence-corrected chi connectivity index (χ3v) is 6.64. The molecular formula is C23H32N5O3+. The Morgan fingerprint density at radius 2 is 1.97 bits per heavy atom. The van der Waals surface area contributed by atoms with Gasteiger partial charge in [-0.05, 0) is 24.5 Å². The summed E-state index contributed by atoms with van der Waals surface area (Å²) in [7, 11) is 0. The number of rotatable bonds is 6. The van der Waals surface area contributed by atoms with Gasteiger partial charge in [0.15, 0.2) is 6.04 Å². The smallest absolute Gasteiger partial charge is 0.249 e. The number of piperazine rings is 1. The molecule has 1 aromatic carbocycles. The molecule has 1 saturated carbocycles. The van der Waals surface area contributed by atoms with Crippen LogP contribution in [0.4, 0.5) is 0 Å². The van der Waals surface area contributed by atoms with E-state index in [4.69, 9.17) is 5.73 Å². The number of carbonyl (C=O) groups excluding carboxylic acids is 3. The van der Waals surface area contributed by atoms with E-state index in [1.54, 1.807) is 4.90 Å². The van der Waals surface area contributed by atoms with Gasteiger partial charge in [0, 0.05) is 29.4 Å². The highest BCUT2D eigenvalue weighted by Crippen LogP contribution is 2.26. The number of hydrogen-bond donors (Lipinski definition) is 4. The van der Waals surface area contributed by atoms with Gasteiger partial charge in [-0.15, -0.1) is 0 Å². The molecule has 1 aliphatic heterocycles. The van der Waals surface area contributed by atoms with Crippen LogP contribution in [0.5, 0.6) is 0 Å². The van der Waals surface area contributed by atoms with Crippen molar-refractivity contribution in [3.05, 3.63) is 36.0 Å². The Bertz CT molecular complexity index is 950. The number of aromatic amines is 1. The largest absolute Gasteiger partial charge is 0.368 e. The van der Waals surface area contributed by atoms with Crippen molar-refractivity contribution in [2.24, 2.45) is 11.7 Å². The van der Waals surface area contributed by atoms with E-state index < -0.39 is 18.0 Å². The molecule has 166 valence electrons. The van der Waals surface area contributed by atoms with Crippen LogP contribution in [0.25, 0.3) is 10.9 Å². The molecule has 1 aliphatic carbocycles. The molecule has 2 aromatic rings. The van der Waals surface area contributed by atoms with Crippen LogP contribution in [0.1, 0.15) is 37.7 Å². The highest BCUT2D eigenvalue weighted by Gasteiger charge is 2.38. The third kappa shape index (κ3) is 4.74. The highest BCUT2D eigenvalue weighted by atomic mass is 16.2. The second-order valence-corrected chi connectivity index (χ2v) is 8.72. The number of para-hydroxylation sites is 1. The van der Waals surface area contributed by atoms with Gasteiger partial charge in [0.2, 0.25) is 17.7 Å². The van der Waals surface area contributed by atoms with E-state index in [9.17, 15) is 14.4 Å². The quantitative estimate of drug-likeness (QED) is 0.521. The molecule has 0 radical (unpaired) electrons. The van der Waals surface area contributed by atoms with Gasteiger partial charge in [0.05, 0.1) is 13.1 Å². The van der Waals surface area contributed by atoms with E-state index in [0.717, 1.165) is 48.7 Å². The van der Waals surface area contributed by atoms with Crippen molar-refractivity contribution in [2.75, 3.05) is 19.6 Å². The number of fused-ring (bicyclic) bond motifs is 1. The first-order valence-electron chi connectivity index (χ1n) is 11.3. The van der Waals surface area contributed by atoms with Crippen molar-refractivity contribution in [1.29, 1.82) is 0 Å². The van der Waals surface area contributed by atoms with Crippen LogP contribution in [0.2, 0.25) is 0 Å². The second kappa shape index (κ2) is 9.51. The third-order valence-electron chi connectivity index (χ3n) is 6.64. The fourth-order valence-corrected chi connectivity index (χ4v) is 4.90. The number of nitrogens with two attached hydrogens (primary N) is 2. The van der Waals surface area contributed by atoms with Crippen molar-refractivity contribution in [2.45, 2.75) is 50.6 Å². The van der Waals surface area contributed by atoms with Gasteiger partial charge in [0.25, 0.3) is 0 Å². The molecule has 3 amide bonds. The molecule has 0 bridgehead atoms. The summed E-state index contributed by atoms with van der Waals surface area (Å²) in [6, 6.07) is 6.40. The predicted molar refractivity (Wildman–Crippen MR) is 117 cm³/mol. The standard InChI is InChI=1S/C23H31N5O3/c24-21(29)19(12-16-13-26-18-9-5-4-8-17(16)18)27-22(30)20-14-25-10-11-28(20)23(31)15-6-2-1-3-7-15/h4-5,8-9,13,15,19-20,25-26H,1-3,6-7,10-12,14H2,(H2,24,29)(H,27,30)/p+1/t19-,20-/m1/s1. The summed E-state index contributed by atoms with van der Waals surface area (Å²) < 4.78 is 0. The fourth-order valence-electron chi connectivity index (χ4n) is 4.90. The average molecular weight is 427 g/mol. The number of carbonyl (C=O) groups is 3. The van der Waals surface area contributed by atoms with Gasteiger partial charge in [-0.25, -0.2) is 0 Å². The number of nitrogens with zero attached hydrogens (tertiary/aromatic N) is 1. The molecule has 31 heavy (non-hydrogen) atoms. The van der Waals surface area contributed by atoms with Gasteiger partial charge in [-0.2, -0.15) is 0 Å². The second-order valence-electron chi connectivity index (χ2n) is 8.72. The Hall–Kier alpha value is -2.87. The number of hydrogen-bond acceptors (Lipinski definition) is 3. The number of benzene rings is 1. The molecule has 2 fully saturated rings. The van der Waals surface area contributed by atoms with Crippen molar-refractivity contribution in [3.63, 3.8) is 0 Å². The van der Waals surface area contributed by atoms with Crippen molar-refractivity contribution in [3.8, 4) is 0 Å². The number of aromatic nitrogens is 1. The number of primary amides is 1. The highest BCUT2D eigenvalue weighted by molar-refractivity contribution is 5.93. The van der Waals surface area contributed by atoms with Crippen LogP contribution in [0.15, 0.2) is 30.5 Å². The molecule has 2 heterocycles. The summed E-state index contributed by atoms with van der Waals surface area (Å²) in [6.07, 6.45) is 7.27. The van der Waals surface area contributed by atoms with E-state index in [1.165, 1.54) is 6.42 Å². The lowest BCUT2D eigenvalue weighted by atomic mass is 9.87. The molecule has 2 atom stereocenters. The molecule has 8 nitrogen and oxygen atoms in total. The topological polar surface area (TPSA) is 125 Å². The van der Waals surface area contributed by atoms with Gasteiger partial charge in [-0.1, -0.05) is 37.5 Å². The van der Waals surface area contributed by atoms with Crippen LogP contribution in [0, 0.1) is 5.92 Å². The Balaban J connectivity index is 1.46. The SMILES string of the molecule is NC(=O)[C@@H](Cc1c[nH]c2ccccc12)NC(=O)[C@H]1C[NH2+]CCN1C(=O)C1CCCCC1. The first-order chi connectivity index (χ1) is 15.0. The summed E-state index contributed by atoms with van der Waals surface area (Å²) in [5.74, 6) is -0.784. The lowest BCUT2D eigenvalue weighted by Crippen LogP contribution is -2.93. The van der Waals surface area contributed by atoms with Crippen LogP contribution in [-0.4, -0.2) is 59.3 Å². The zero-order valence-corrected chi connectivity index (χ0v) is 17.8. The Morgan fingerprint density at radius 3 is 2.74 bits per heavy atom. The summed E-state index contributed by atoms with van der Waals surface area (Å²) in [5.41, 5.74) is 7.53. The molecule has 0 unspecified atom stereocenters. The molecule has 1 aromatic heterocycles. The molecule has 0 spiro atoms. The predicted octanol–water partition coefficient (Wildman–Crippen LogP) is 0.0350. The van der Waals surface area contributed by atoms with Gasteiger partial charge < -0.3 is 26.3 Å². The maximum atomic E-state index is 13.2. The molecule has 2 aliphatic rings. The Kier molecular flexibility index (Phi) is 6.56. The number of quaternary nitrogens is 1. The molecular weight excluding hydrogens is 394 g/mol. The lowest BCUT2D eigenvalue weighted by molar-refractivity contribution is -0.665. The maximum absolute atomic E-state index is 13.2. The summed E-state index contributed by atoms with van der Waals surface area (Å²) in [6.45, 7) is 1.84. The summed E-state index contributed by atoms with van der Waals surface area (Å²) in [4.78, 5) is 43.4. The number of H-pyrrole nitrogens is 1. The first-order valence-corrected chi connectivity index (χ1v) is 11.3. The van der Waals surface area contributed by atoms with Crippen LogP contribution in [-0.2, 0) is 20.8 Å². The molecule has 4 rings (SSSR count). The van der Waals surface area contributed by atoms with Crippen LogP contribution in [0.3, 0.4) is 0 Å². The Labute approximate surface area is 181 Å². The van der Waals surface area contributed by atoms with Gasteiger partial charge >= 0.3 is 0 Å². The zero-order chi connectivity index (χ0) is 21.8. The van der Waals surface area contributed by atoms with Crippen LogP contribution < -0.4 is 16.4 Å². The molecule has 6 N–H and O–H groups in total. The van der Waals surface area contributed by atoms with Gasteiger partial charge in [0.1, 0.15) is 12.6 Å². The summed E-state index contributed by atoms with van der Waals surface area (Å²) >= 11 is 0. The van der Waals surface area contributed by atoms with Crippen molar-refractivity contribution in [1.82, 2.24) is 15.2 Å². The molecule has 1 saturated heterocycles. The number of nitrogens with one attached hydrogen (secondary N) is 2. The normalized spacial score (nSPS) is 21.0. The first kappa shape index (κ1) is 21.4. The zero-order valence-electron chi connectivity index (χ0n) is 17.8. The van der Waals surface area contributed by atoms with Crippen molar-refractivity contribution < 1.29 is 19.7 Å². The fraction of sp³-hybridized carbons (Fsp3) is 0.522. The van der Waals surface area contributed by atoms with E-state index in [2.05, 4.69) is 10.3 Å². The Morgan fingerprint density at radius 1 is 1.19 bits per heavy atom. The molecule has 8 heteroatoms.